The van der Waals surface area contributed by atoms with Gasteiger partial charge in [-0.3, -0.25) is 14.4 Å². The van der Waals surface area contributed by atoms with E-state index in [-0.39, 0.29) is 19.0 Å². The highest BCUT2D eigenvalue weighted by Crippen LogP contribution is 2.67. The van der Waals surface area contributed by atoms with E-state index in [1.807, 2.05) is 12.1 Å². The Morgan fingerprint density at radius 3 is 1.93 bits per heavy atom. The number of carbonyl (C=O) groups excluding carboxylic acids is 3. The molecule has 0 heterocycles. The Bertz CT molecular complexity index is 858. The summed E-state index contributed by atoms with van der Waals surface area (Å²) in [6.45, 7) is 3.56. The Morgan fingerprint density at radius 2 is 1.43 bits per heavy atom. The number of ketones is 1. The van der Waals surface area contributed by atoms with Gasteiger partial charge >= 0.3 is 11.9 Å². The molecule has 1 aliphatic carbocycles. The molecule has 0 radical (unpaired) electrons. The first-order chi connectivity index (χ1) is 13.5. The topological polar surface area (TPSA) is 69.7 Å². The predicted octanol–water partition coefficient (Wildman–Crippen LogP) is 4.16. The Labute approximate surface area is 172 Å². The molecular weight excluding hydrogens is 424 g/mol. The van der Waals surface area contributed by atoms with E-state index in [1.54, 1.807) is 56.3 Å². The molecule has 1 aliphatic rings. The number of Topliss-reactive ketones (excluding diaryl/α,β-unsaturated/α-hetero) is 1. The maximum Gasteiger partial charge on any atom is 0.324 e. The fourth-order valence-electron chi connectivity index (χ4n) is 3.75. The van der Waals surface area contributed by atoms with Crippen LogP contribution in [0, 0.1) is 11.3 Å². The molecule has 0 unspecified atom stereocenters. The lowest BCUT2D eigenvalue weighted by molar-refractivity contribution is -0.165. The molecule has 2 aromatic carbocycles. The van der Waals surface area contributed by atoms with E-state index in [4.69, 9.17) is 9.47 Å². The molecule has 0 aromatic heterocycles. The van der Waals surface area contributed by atoms with Crippen LogP contribution in [0.25, 0.3) is 0 Å². The van der Waals surface area contributed by atoms with Crippen molar-refractivity contribution < 1.29 is 23.9 Å². The molecule has 0 bridgehead atoms. The van der Waals surface area contributed by atoms with Gasteiger partial charge in [-0.15, -0.1) is 0 Å². The molecule has 0 aliphatic heterocycles. The van der Waals surface area contributed by atoms with Crippen LogP contribution in [-0.2, 0) is 19.1 Å². The van der Waals surface area contributed by atoms with E-state index in [9.17, 15) is 14.4 Å². The van der Waals surface area contributed by atoms with Gasteiger partial charge in [-0.05, 0) is 31.5 Å². The monoisotopic (exact) mass is 444 g/mol. The van der Waals surface area contributed by atoms with Gasteiger partial charge in [0.1, 0.15) is 0 Å². The molecule has 1 saturated carbocycles. The highest BCUT2D eigenvalue weighted by Gasteiger charge is 2.79. The van der Waals surface area contributed by atoms with Gasteiger partial charge in [0.25, 0.3) is 0 Å². The van der Waals surface area contributed by atoms with Gasteiger partial charge in [-0.1, -0.05) is 58.4 Å². The number of halogens is 1. The summed E-state index contributed by atoms with van der Waals surface area (Å²) in [5.74, 6) is -3.19. The lowest BCUT2D eigenvalue weighted by Crippen LogP contribution is -2.34. The molecule has 5 nitrogen and oxygen atoms in total. The molecule has 1 fully saturated rings. The molecule has 3 rings (SSSR count). The Morgan fingerprint density at radius 1 is 0.893 bits per heavy atom. The third-order valence-corrected chi connectivity index (χ3v) is 5.53. The number of benzene rings is 2. The summed E-state index contributed by atoms with van der Waals surface area (Å²) in [5, 5.41) is 0. The average molecular weight is 445 g/mol. The van der Waals surface area contributed by atoms with E-state index in [1.165, 1.54) is 0 Å². The maximum atomic E-state index is 13.3. The van der Waals surface area contributed by atoms with Crippen molar-refractivity contribution in [1.82, 2.24) is 0 Å². The van der Waals surface area contributed by atoms with Crippen molar-refractivity contribution in [3.05, 3.63) is 70.2 Å². The van der Waals surface area contributed by atoms with Crippen molar-refractivity contribution in [3.63, 3.8) is 0 Å². The van der Waals surface area contributed by atoms with Gasteiger partial charge in [0.15, 0.2) is 11.2 Å². The predicted molar refractivity (Wildman–Crippen MR) is 107 cm³/mol. The Hall–Kier alpha value is -2.47. The number of hydrogen-bond acceptors (Lipinski definition) is 5. The maximum absolute atomic E-state index is 13.3. The van der Waals surface area contributed by atoms with E-state index < -0.39 is 29.2 Å². The Kier molecular flexibility index (Phi) is 5.98. The van der Waals surface area contributed by atoms with E-state index in [0.717, 1.165) is 10.0 Å². The van der Waals surface area contributed by atoms with Crippen LogP contribution in [0.1, 0.15) is 35.7 Å². The van der Waals surface area contributed by atoms with Crippen LogP contribution < -0.4 is 0 Å². The minimum Gasteiger partial charge on any atom is -0.465 e. The average Bonchev–Trinajstić information content (AvgIpc) is 3.40. The zero-order chi connectivity index (χ0) is 20.3. The van der Waals surface area contributed by atoms with Crippen LogP contribution in [0.5, 0.6) is 0 Å². The van der Waals surface area contributed by atoms with Gasteiger partial charge < -0.3 is 9.47 Å². The van der Waals surface area contributed by atoms with Gasteiger partial charge in [0.05, 0.1) is 19.1 Å². The van der Waals surface area contributed by atoms with Crippen molar-refractivity contribution in [2.45, 2.75) is 19.8 Å². The first-order valence-corrected chi connectivity index (χ1v) is 9.96. The van der Waals surface area contributed by atoms with Crippen LogP contribution in [0.4, 0.5) is 0 Å². The number of ether oxygens (including phenoxy) is 2. The van der Waals surface area contributed by atoms with Crippen molar-refractivity contribution in [2.75, 3.05) is 13.2 Å². The highest BCUT2D eigenvalue weighted by molar-refractivity contribution is 9.10. The molecule has 2 aromatic rings. The first-order valence-electron chi connectivity index (χ1n) is 9.17. The fourth-order valence-corrected chi connectivity index (χ4v) is 4.01. The second kappa shape index (κ2) is 8.27. The van der Waals surface area contributed by atoms with Crippen molar-refractivity contribution in [2.24, 2.45) is 11.3 Å². The summed E-state index contributed by atoms with van der Waals surface area (Å²) in [6, 6.07) is 15.9. The zero-order valence-corrected chi connectivity index (χ0v) is 17.3. The van der Waals surface area contributed by atoms with Crippen LogP contribution in [0.15, 0.2) is 59.1 Å². The number of hydrogen-bond donors (Lipinski definition) is 0. The number of rotatable bonds is 7. The third kappa shape index (κ3) is 3.37. The summed E-state index contributed by atoms with van der Waals surface area (Å²) in [5.41, 5.74) is -0.490. The van der Waals surface area contributed by atoms with E-state index >= 15 is 0 Å². The fraction of sp³-hybridized carbons (Fsp3) is 0.318. The normalized spacial score (nSPS) is 19.5. The van der Waals surface area contributed by atoms with Crippen LogP contribution in [0.3, 0.4) is 0 Å². The molecular formula is C22H21BrO5. The molecule has 2 atom stereocenters. The lowest BCUT2D eigenvalue weighted by Gasteiger charge is -2.15. The second-order valence-corrected chi connectivity index (χ2v) is 7.46. The van der Waals surface area contributed by atoms with Crippen LogP contribution in [-0.4, -0.2) is 30.9 Å². The molecule has 0 saturated heterocycles. The largest absolute Gasteiger partial charge is 0.465 e. The van der Waals surface area contributed by atoms with Crippen molar-refractivity contribution in [1.29, 1.82) is 0 Å². The molecule has 0 spiro atoms. The number of carbonyl (C=O) groups is 3. The molecule has 0 N–H and O–H groups in total. The summed E-state index contributed by atoms with van der Waals surface area (Å²) < 4.78 is 11.3. The summed E-state index contributed by atoms with van der Waals surface area (Å²) in [7, 11) is 0. The quantitative estimate of drug-likeness (QED) is 0.364. The third-order valence-electron chi connectivity index (χ3n) is 5.00. The SMILES string of the molecule is CCOC(=O)C1(C(=O)OCC)[C@H](C(=O)c2ccccc2)[C@H]1c1ccc(Br)cc1. The summed E-state index contributed by atoms with van der Waals surface area (Å²) >= 11 is 3.38. The summed E-state index contributed by atoms with van der Waals surface area (Å²) in [6.07, 6.45) is 0. The summed E-state index contributed by atoms with van der Waals surface area (Å²) in [4.78, 5) is 39.2. The minimum absolute atomic E-state index is 0.110. The molecule has 28 heavy (non-hydrogen) atoms. The van der Waals surface area contributed by atoms with E-state index in [2.05, 4.69) is 15.9 Å². The van der Waals surface area contributed by atoms with Crippen molar-refractivity contribution >= 4 is 33.7 Å². The smallest absolute Gasteiger partial charge is 0.324 e. The van der Waals surface area contributed by atoms with Gasteiger partial charge in [-0.25, -0.2) is 0 Å². The first kappa shape index (κ1) is 20.3. The molecule has 146 valence electrons. The van der Waals surface area contributed by atoms with Gasteiger partial charge in [0.2, 0.25) is 0 Å². The van der Waals surface area contributed by atoms with Crippen molar-refractivity contribution in [3.8, 4) is 0 Å². The lowest BCUT2D eigenvalue weighted by atomic mass is 9.97. The molecule has 0 amide bonds. The molecule has 6 heteroatoms. The highest BCUT2D eigenvalue weighted by atomic mass is 79.9. The second-order valence-electron chi connectivity index (χ2n) is 6.55. The zero-order valence-electron chi connectivity index (χ0n) is 15.7. The standard InChI is InChI=1S/C22H21BrO5/c1-3-27-20(25)22(21(26)28-4-2)17(14-10-12-16(23)13-11-14)18(22)19(24)15-8-6-5-7-9-15/h5-13,17-18H,3-4H2,1-2H3/t17-,18+/m1/s1. The van der Waals surface area contributed by atoms with E-state index in [0.29, 0.717) is 5.56 Å². The minimum atomic E-state index is -1.66. The van der Waals surface area contributed by atoms with Crippen LogP contribution in [0.2, 0.25) is 0 Å². The Balaban J connectivity index is 2.11. The van der Waals surface area contributed by atoms with Gasteiger partial charge in [-0.2, -0.15) is 0 Å². The van der Waals surface area contributed by atoms with Crippen LogP contribution >= 0.6 is 15.9 Å². The van der Waals surface area contributed by atoms with Gasteiger partial charge in [0, 0.05) is 16.0 Å². The number of esters is 2.